The highest BCUT2D eigenvalue weighted by Crippen LogP contribution is 2.27. The summed E-state index contributed by atoms with van der Waals surface area (Å²) in [7, 11) is 3.06. The molecule has 0 saturated heterocycles. The van der Waals surface area contributed by atoms with Crippen LogP contribution in [-0.2, 0) is 11.2 Å². The maximum absolute atomic E-state index is 12.2. The number of ether oxygens (including phenoxy) is 2. The minimum Gasteiger partial charge on any atom is -0.493 e. The first-order chi connectivity index (χ1) is 12.5. The molecule has 0 spiro atoms. The number of hydrogen-bond acceptors (Lipinski definition) is 4. The number of carbonyl (C=O) groups excluding carboxylic acids is 2. The Kier molecular flexibility index (Phi) is 7.02. The van der Waals surface area contributed by atoms with Gasteiger partial charge >= 0.3 is 0 Å². The molecule has 0 heterocycles. The summed E-state index contributed by atoms with van der Waals surface area (Å²) >= 11 is 0. The molecule has 6 nitrogen and oxygen atoms in total. The van der Waals surface area contributed by atoms with Crippen molar-refractivity contribution in [2.75, 3.05) is 27.3 Å². The Hall–Kier alpha value is -3.02. The zero-order valence-corrected chi connectivity index (χ0v) is 15.3. The van der Waals surface area contributed by atoms with Crippen LogP contribution in [0.15, 0.2) is 42.5 Å². The first-order valence-corrected chi connectivity index (χ1v) is 8.36. The molecule has 0 fully saturated rings. The second kappa shape index (κ2) is 9.46. The maximum atomic E-state index is 12.2. The molecular formula is C20H24N2O4. The summed E-state index contributed by atoms with van der Waals surface area (Å²) in [5, 5.41) is 5.58. The van der Waals surface area contributed by atoms with Gasteiger partial charge in [-0.3, -0.25) is 9.59 Å². The van der Waals surface area contributed by atoms with Gasteiger partial charge in [-0.1, -0.05) is 24.3 Å². The van der Waals surface area contributed by atoms with Crippen LogP contribution in [0.3, 0.4) is 0 Å². The lowest BCUT2D eigenvalue weighted by Gasteiger charge is -2.11. The average molecular weight is 356 g/mol. The Bertz CT molecular complexity index is 774. The molecule has 0 aliphatic rings. The summed E-state index contributed by atoms with van der Waals surface area (Å²) < 4.78 is 10.3. The zero-order chi connectivity index (χ0) is 18.9. The van der Waals surface area contributed by atoms with Crippen molar-refractivity contribution in [3.05, 3.63) is 59.2 Å². The van der Waals surface area contributed by atoms with Crippen LogP contribution in [0.25, 0.3) is 0 Å². The van der Waals surface area contributed by atoms with Gasteiger partial charge in [0, 0.05) is 18.7 Å². The van der Waals surface area contributed by atoms with E-state index >= 15 is 0 Å². The van der Waals surface area contributed by atoms with E-state index in [4.69, 9.17) is 9.47 Å². The third-order valence-electron chi connectivity index (χ3n) is 3.99. The Morgan fingerprint density at radius 1 is 0.923 bits per heavy atom. The second-order valence-electron chi connectivity index (χ2n) is 5.78. The maximum Gasteiger partial charge on any atom is 0.251 e. The monoisotopic (exact) mass is 356 g/mol. The largest absolute Gasteiger partial charge is 0.493 e. The molecule has 0 aromatic heterocycles. The van der Waals surface area contributed by atoms with Gasteiger partial charge in [0.05, 0.1) is 20.6 Å². The van der Waals surface area contributed by atoms with Crippen LogP contribution >= 0.6 is 0 Å². The SMILES string of the molecule is COc1ccc(C(=O)NCCNC(=O)Cc2ccccc2C)cc1OC. The number of rotatable bonds is 8. The van der Waals surface area contributed by atoms with Crippen molar-refractivity contribution in [2.24, 2.45) is 0 Å². The fourth-order valence-electron chi connectivity index (χ4n) is 2.50. The van der Waals surface area contributed by atoms with E-state index in [2.05, 4.69) is 10.6 Å². The predicted molar refractivity (Wildman–Crippen MR) is 99.8 cm³/mol. The number of aryl methyl sites for hydroxylation is 1. The van der Waals surface area contributed by atoms with Crippen molar-refractivity contribution in [2.45, 2.75) is 13.3 Å². The van der Waals surface area contributed by atoms with Crippen LogP contribution in [-0.4, -0.2) is 39.1 Å². The van der Waals surface area contributed by atoms with E-state index < -0.39 is 0 Å². The van der Waals surface area contributed by atoms with E-state index in [0.29, 0.717) is 36.6 Å². The quantitative estimate of drug-likeness (QED) is 0.710. The highest BCUT2D eigenvalue weighted by molar-refractivity contribution is 5.94. The van der Waals surface area contributed by atoms with Gasteiger partial charge in [0.15, 0.2) is 11.5 Å². The Morgan fingerprint density at radius 2 is 1.62 bits per heavy atom. The topological polar surface area (TPSA) is 76.7 Å². The molecule has 2 rings (SSSR count). The van der Waals surface area contributed by atoms with Gasteiger partial charge < -0.3 is 20.1 Å². The van der Waals surface area contributed by atoms with Crippen molar-refractivity contribution in [3.63, 3.8) is 0 Å². The van der Waals surface area contributed by atoms with Gasteiger partial charge in [0.2, 0.25) is 5.91 Å². The van der Waals surface area contributed by atoms with Gasteiger partial charge in [-0.15, -0.1) is 0 Å². The number of amides is 2. The van der Waals surface area contributed by atoms with Crippen LogP contribution in [0.1, 0.15) is 21.5 Å². The van der Waals surface area contributed by atoms with Crippen molar-refractivity contribution < 1.29 is 19.1 Å². The molecule has 2 amide bonds. The number of methoxy groups -OCH3 is 2. The highest BCUT2D eigenvalue weighted by Gasteiger charge is 2.10. The molecule has 0 radical (unpaired) electrons. The lowest BCUT2D eigenvalue weighted by Crippen LogP contribution is -2.35. The lowest BCUT2D eigenvalue weighted by molar-refractivity contribution is -0.120. The first kappa shape index (κ1) is 19.3. The smallest absolute Gasteiger partial charge is 0.251 e. The first-order valence-electron chi connectivity index (χ1n) is 8.36. The summed E-state index contributed by atoms with van der Waals surface area (Å²) in [6, 6.07) is 12.7. The van der Waals surface area contributed by atoms with E-state index in [0.717, 1.165) is 11.1 Å². The van der Waals surface area contributed by atoms with Crippen molar-refractivity contribution >= 4 is 11.8 Å². The molecule has 0 aliphatic heterocycles. The zero-order valence-electron chi connectivity index (χ0n) is 15.3. The number of hydrogen-bond donors (Lipinski definition) is 2. The molecule has 0 unspecified atom stereocenters. The van der Waals surface area contributed by atoms with E-state index in [9.17, 15) is 9.59 Å². The van der Waals surface area contributed by atoms with Gasteiger partial charge in [0.1, 0.15) is 0 Å². The molecular weight excluding hydrogens is 332 g/mol. The summed E-state index contributed by atoms with van der Waals surface area (Å²) in [6.07, 6.45) is 0.330. The normalized spacial score (nSPS) is 10.1. The molecule has 0 aliphatic carbocycles. The average Bonchev–Trinajstić information content (AvgIpc) is 2.66. The Balaban J connectivity index is 1.78. The van der Waals surface area contributed by atoms with E-state index in [-0.39, 0.29) is 11.8 Å². The fraction of sp³-hybridized carbons (Fsp3) is 0.300. The summed E-state index contributed by atoms with van der Waals surface area (Å²) in [5.74, 6) is 0.748. The fourth-order valence-corrected chi connectivity index (χ4v) is 2.50. The molecule has 0 bridgehead atoms. The van der Waals surface area contributed by atoms with Gasteiger partial charge in [0.25, 0.3) is 5.91 Å². The summed E-state index contributed by atoms with van der Waals surface area (Å²) in [5.41, 5.74) is 2.55. The molecule has 2 aromatic rings. The predicted octanol–water partition coefficient (Wildman–Crippen LogP) is 2.10. The van der Waals surface area contributed by atoms with Crippen LogP contribution in [0.2, 0.25) is 0 Å². The molecule has 0 saturated carbocycles. The number of nitrogens with one attached hydrogen (secondary N) is 2. The summed E-state index contributed by atoms with van der Waals surface area (Å²) in [4.78, 5) is 24.2. The van der Waals surface area contributed by atoms with Crippen LogP contribution in [0, 0.1) is 6.92 Å². The molecule has 2 N–H and O–H groups in total. The molecule has 2 aromatic carbocycles. The number of carbonyl (C=O) groups is 2. The van der Waals surface area contributed by atoms with Crippen molar-refractivity contribution in [1.82, 2.24) is 10.6 Å². The summed E-state index contributed by atoms with van der Waals surface area (Å²) in [6.45, 7) is 2.68. The third kappa shape index (κ3) is 5.24. The van der Waals surface area contributed by atoms with Gasteiger partial charge in [-0.25, -0.2) is 0 Å². The minimum atomic E-state index is -0.237. The lowest BCUT2D eigenvalue weighted by atomic mass is 10.1. The number of benzene rings is 2. The van der Waals surface area contributed by atoms with Crippen molar-refractivity contribution in [3.8, 4) is 11.5 Å². The molecule has 138 valence electrons. The second-order valence-corrected chi connectivity index (χ2v) is 5.78. The minimum absolute atomic E-state index is 0.0698. The Labute approximate surface area is 153 Å². The van der Waals surface area contributed by atoms with Gasteiger partial charge in [-0.2, -0.15) is 0 Å². The molecule has 6 heteroatoms. The third-order valence-corrected chi connectivity index (χ3v) is 3.99. The van der Waals surface area contributed by atoms with Crippen LogP contribution in [0.4, 0.5) is 0 Å². The Morgan fingerprint density at radius 3 is 2.31 bits per heavy atom. The van der Waals surface area contributed by atoms with Crippen molar-refractivity contribution in [1.29, 1.82) is 0 Å². The standard InChI is InChI=1S/C20H24N2O4/c1-14-6-4-5-7-15(14)13-19(23)21-10-11-22-20(24)16-8-9-17(25-2)18(12-16)26-3/h4-9,12H,10-11,13H2,1-3H3,(H,21,23)(H,22,24). The molecule has 0 atom stereocenters. The van der Waals surface area contributed by atoms with E-state index in [1.165, 1.54) is 14.2 Å². The molecule has 26 heavy (non-hydrogen) atoms. The van der Waals surface area contributed by atoms with Crippen LogP contribution < -0.4 is 20.1 Å². The van der Waals surface area contributed by atoms with E-state index in [1.807, 2.05) is 31.2 Å². The highest BCUT2D eigenvalue weighted by atomic mass is 16.5. The van der Waals surface area contributed by atoms with E-state index in [1.54, 1.807) is 18.2 Å². The van der Waals surface area contributed by atoms with Crippen LogP contribution in [0.5, 0.6) is 11.5 Å². The van der Waals surface area contributed by atoms with Gasteiger partial charge in [-0.05, 0) is 36.2 Å².